The van der Waals surface area contributed by atoms with Crippen LogP contribution in [0.2, 0.25) is 0 Å². The van der Waals surface area contributed by atoms with E-state index < -0.39 is 0 Å². The number of nitrogens with zero attached hydrogens (tertiary/aromatic N) is 1. The van der Waals surface area contributed by atoms with Gasteiger partial charge in [-0.1, -0.05) is 0 Å². The number of likely N-dealkylation sites (tertiary alicyclic amines) is 1. The third kappa shape index (κ3) is 2.21. The number of nitrogens with two attached hydrogens (primary N) is 1. The maximum absolute atomic E-state index is 11.5. The lowest BCUT2D eigenvalue weighted by Crippen LogP contribution is -2.27. The summed E-state index contributed by atoms with van der Waals surface area (Å²) >= 11 is 1.77. The Balaban J connectivity index is 2.06. The van der Waals surface area contributed by atoms with Gasteiger partial charge in [0, 0.05) is 28.8 Å². The standard InChI is InChI=1S/C11H16N2OS/c1-7-3-10(15-8(7)2)6-13-5-9(12)4-11(13)14/h3,9H,4-6,12H2,1-2H3. The molecule has 15 heavy (non-hydrogen) atoms. The summed E-state index contributed by atoms with van der Waals surface area (Å²) in [4.78, 5) is 16.0. The van der Waals surface area contributed by atoms with Gasteiger partial charge in [0.15, 0.2) is 0 Å². The van der Waals surface area contributed by atoms with Gasteiger partial charge < -0.3 is 10.6 Å². The van der Waals surface area contributed by atoms with E-state index in [2.05, 4.69) is 19.9 Å². The zero-order chi connectivity index (χ0) is 11.0. The third-order valence-electron chi connectivity index (χ3n) is 2.81. The number of amides is 1. The molecule has 0 aliphatic carbocycles. The average molecular weight is 224 g/mol. The van der Waals surface area contributed by atoms with Gasteiger partial charge in [-0.15, -0.1) is 11.3 Å². The minimum atomic E-state index is 0.0275. The molecule has 1 amide bonds. The number of hydrogen-bond donors (Lipinski definition) is 1. The molecule has 1 aromatic heterocycles. The maximum Gasteiger partial charge on any atom is 0.224 e. The van der Waals surface area contributed by atoms with Crippen molar-refractivity contribution in [3.63, 3.8) is 0 Å². The van der Waals surface area contributed by atoms with Gasteiger partial charge in [0.2, 0.25) is 5.91 Å². The molecule has 2 heterocycles. The highest BCUT2D eigenvalue weighted by Gasteiger charge is 2.26. The summed E-state index contributed by atoms with van der Waals surface area (Å²) in [6, 6.07) is 2.19. The van der Waals surface area contributed by atoms with Crippen LogP contribution in [0.15, 0.2) is 6.07 Å². The van der Waals surface area contributed by atoms with E-state index in [0.717, 1.165) is 6.54 Å². The minimum absolute atomic E-state index is 0.0275. The molecule has 0 radical (unpaired) electrons. The summed E-state index contributed by atoms with van der Waals surface area (Å²) in [5, 5.41) is 0. The fourth-order valence-electron chi connectivity index (χ4n) is 1.87. The van der Waals surface area contributed by atoms with E-state index >= 15 is 0 Å². The Bertz CT molecular complexity index is 366. The summed E-state index contributed by atoms with van der Waals surface area (Å²) in [5.41, 5.74) is 7.06. The molecule has 1 unspecified atom stereocenters. The molecule has 3 nitrogen and oxygen atoms in total. The van der Waals surface area contributed by atoms with Gasteiger partial charge in [0.25, 0.3) is 0 Å². The second-order valence-corrected chi connectivity index (χ2v) is 5.53. The van der Waals surface area contributed by atoms with Crippen LogP contribution in [0.3, 0.4) is 0 Å². The van der Waals surface area contributed by atoms with E-state index in [9.17, 15) is 4.79 Å². The number of thiophene rings is 1. The molecule has 2 N–H and O–H groups in total. The zero-order valence-electron chi connectivity index (χ0n) is 9.12. The topological polar surface area (TPSA) is 46.3 Å². The van der Waals surface area contributed by atoms with E-state index in [1.165, 1.54) is 15.3 Å². The van der Waals surface area contributed by atoms with Crippen molar-refractivity contribution in [1.82, 2.24) is 4.90 Å². The molecule has 1 aromatic rings. The summed E-state index contributed by atoms with van der Waals surface area (Å²) < 4.78 is 0. The molecule has 1 aliphatic heterocycles. The molecular weight excluding hydrogens is 208 g/mol. The van der Waals surface area contributed by atoms with Gasteiger partial charge >= 0.3 is 0 Å². The van der Waals surface area contributed by atoms with Crippen molar-refractivity contribution in [3.05, 3.63) is 21.4 Å². The summed E-state index contributed by atoms with van der Waals surface area (Å²) in [6.45, 7) is 5.65. The Hall–Kier alpha value is -0.870. The molecule has 0 spiro atoms. The van der Waals surface area contributed by atoms with Gasteiger partial charge in [0.05, 0.1) is 6.54 Å². The normalized spacial score (nSPS) is 21.4. The molecule has 1 aliphatic rings. The number of rotatable bonds is 2. The zero-order valence-corrected chi connectivity index (χ0v) is 9.93. The van der Waals surface area contributed by atoms with Crippen molar-refractivity contribution < 1.29 is 4.79 Å². The lowest BCUT2D eigenvalue weighted by Gasteiger charge is -2.14. The molecule has 82 valence electrons. The van der Waals surface area contributed by atoms with Gasteiger partial charge in [-0.2, -0.15) is 0 Å². The number of hydrogen-bond acceptors (Lipinski definition) is 3. The quantitative estimate of drug-likeness (QED) is 0.826. The van der Waals surface area contributed by atoms with Crippen LogP contribution in [0.1, 0.15) is 21.7 Å². The van der Waals surface area contributed by atoms with Gasteiger partial charge in [-0.3, -0.25) is 4.79 Å². The van der Waals surface area contributed by atoms with Crippen LogP contribution >= 0.6 is 11.3 Å². The van der Waals surface area contributed by atoms with Gasteiger partial charge in [0.1, 0.15) is 0 Å². The lowest BCUT2D eigenvalue weighted by molar-refractivity contribution is -0.128. The molecule has 1 fully saturated rings. The predicted octanol–water partition coefficient (Wildman–Crippen LogP) is 1.42. The lowest BCUT2D eigenvalue weighted by atomic mass is 10.3. The molecule has 4 heteroatoms. The highest BCUT2D eigenvalue weighted by Crippen LogP contribution is 2.23. The van der Waals surface area contributed by atoms with Crippen molar-refractivity contribution in [2.24, 2.45) is 5.73 Å². The first-order chi connectivity index (χ1) is 7.06. The minimum Gasteiger partial charge on any atom is -0.336 e. The van der Waals surface area contributed by atoms with E-state index in [1.807, 2.05) is 4.90 Å². The first kappa shape index (κ1) is 10.6. The van der Waals surface area contributed by atoms with Gasteiger partial charge in [-0.25, -0.2) is 0 Å². The smallest absolute Gasteiger partial charge is 0.224 e. The second kappa shape index (κ2) is 3.94. The molecule has 0 saturated carbocycles. The molecule has 1 atom stereocenters. The molecule has 1 saturated heterocycles. The fourth-order valence-corrected chi connectivity index (χ4v) is 2.94. The first-order valence-corrected chi connectivity index (χ1v) is 5.97. The third-order valence-corrected chi connectivity index (χ3v) is 3.95. The fraction of sp³-hybridized carbons (Fsp3) is 0.545. The summed E-state index contributed by atoms with van der Waals surface area (Å²) in [7, 11) is 0. The van der Waals surface area contributed by atoms with Crippen molar-refractivity contribution in [1.29, 1.82) is 0 Å². The van der Waals surface area contributed by atoms with Crippen LogP contribution in [-0.4, -0.2) is 23.4 Å². The maximum atomic E-state index is 11.5. The van der Waals surface area contributed by atoms with Crippen molar-refractivity contribution in [2.45, 2.75) is 32.9 Å². The predicted molar refractivity (Wildman–Crippen MR) is 61.8 cm³/mol. The van der Waals surface area contributed by atoms with Crippen LogP contribution < -0.4 is 5.73 Å². The Morgan fingerprint density at radius 2 is 2.33 bits per heavy atom. The Kier molecular flexibility index (Phi) is 2.80. The van der Waals surface area contributed by atoms with E-state index in [0.29, 0.717) is 13.0 Å². The monoisotopic (exact) mass is 224 g/mol. The van der Waals surface area contributed by atoms with E-state index in [-0.39, 0.29) is 11.9 Å². The average Bonchev–Trinajstić information content (AvgIpc) is 2.59. The molecule has 2 rings (SSSR count). The summed E-state index contributed by atoms with van der Waals surface area (Å²) in [5.74, 6) is 0.186. The molecule has 0 aromatic carbocycles. The first-order valence-electron chi connectivity index (χ1n) is 5.15. The van der Waals surface area contributed by atoms with Crippen molar-refractivity contribution in [2.75, 3.05) is 6.54 Å². The molecule has 0 bridgehead atoms. The van der Waals surface area contributed by atoms with Crippen LogP contribution in [0.5, 0.6) is 0 Å². The Labute approximate surface area is 93.9 Å². The summed E-state index contributed by atoms with van der Waals surface area (Å²) in [6.07, 6.45) is 0.503. The van der Waals surface area contributed by atoms with Gasteiger partial charge in [-0.05, 0) is 25.5 Å². The number of carbonyl (C=O) groups excluding carboxylic acids is 1. The van der Waals surface area contributed by atoms with Crippen molar-refractivity contribution in [3.8, 4) is 0 Å². The van der Waals surface area contributed by atoms with Crippen molar-refractivity contribution >= 4 is 17.2 Å². The highest BCUT2D eigenvalue weighted by atomic mass is 32.1. The largest absolute Gasteiger partial charge is 0.336 e. The number of carbonyl (C=O) groups is 1. The van der Waals surface area contributed by atoms with E-state index in [4.69, 9.17) is 5.73 Å². The Morgan fingerprint density at radius 1 is 1.60 bits per heavy atom. The second-order valence-electron chi connectivity index (χ2n) is 4.19. The van der Waals surface area contributed by atoms with Crippen LogP contribution in [-0.2, 0) is 11.3 Å². The number of aryl methyl sites for hydroxylation is 2. The van der Waals surface area contributed by atoms with Crippen LogP contribution in [0, 0.1) is 13.8 Å². The highest BCUT2D eigenvalue weighted by molar-refractivity contribution is 7.12. The molecular formula is C11H16N2OS. The van der Waals surface area contributed by atoms with Crippen LogP contribution in [0.25, 0.3) is 0 Å². The van der Waals surface area contributed by atoms with Crippen LogP contribution in [0.4, 0.5) is 0 Å². The Morgan fingerprint density at radius 3 is 2.80 bits per heavy atom. The SMILES string of the molecule is Cc1cc(CN2CC(N)CC2=O)sc1C. The van der Waals surface area contributed by atoms with E-state index in [1.54, 1.807) is 11.3 Å².